The van der Waals surface area contributed by atoms with Crippen LogP contribution in [0.5, 0.6) is 11.5 Å². The zero-order valence-corrected chi connectivity index (χ0v) is 9.50. The SMILES string of the molecule is Oc1cccc(-c2cc(O)c3ccccc3[o+]2)c1. The molecule has 18 heavy (non-hydrogen) atoms. The van der Waals surface area contributed by atoms with E-state index >= 15 is 0 Å². The van der Waals surface area contributed by atoms with E-state index in [9.17, 15) is 10.2 Å². The van der Waals surface area contributed by atoms with Gasteiger partial charge in [0.2, 0.25) is 0 Å². The highest BCUT2D eigenvalue weighted by Crippen LogP contribution is 2.32. The molecule has 2 N–H and O–H groups in total. The summed E-state index contributed by atoms with van der Waals surface area (Å²) in [6.07, 6.45) is 0. The third-order valence-electron chi connectivity index (χ3n) is 2.78. The Hall–Kier alpha value is -2.55. The van der Waals surface area contributed by atoms with E-state index in [0.29, 0.717) is 16.7 Å². The summed E-state index contributed by atoms with van der Waals surface area (Å²) >= 11 is 0. The molecule has 0 saturated heterocycles. The smallest absolute Gasteiger partial charge is 0.364 e. The Labute approximate surface area is 104 Å². The molecule has 3 rings (SSSR count). The van der Waals surface area contributed by atoms with Crippen LogP contribution < -0.4 is 0 Å². The summed E-state index contributed by atoms with van der Waals surface area (Å²) in [6.45, 7) is 0. The molecule has 0 aliphatic rings. The second-order valence-corrected chi connectivity index (χ2v) is 4.04. The van der Waals surface area contributed by atoms with Crippen molar-refractivity contribution in [3.05, 3.63) is 54.6 Å². The van der Waals surface area contributed by atoms with Gasteiger partial charge in [0.15, 0.2) is 0 Å². The summed E-state index contributed by atoms with van der Waals surface area (Å²) in [4.78, 5) is 0. The van der Waals surface area contributed by atoms with E-state index in [0.717, 1.165) is 5.56 Å². The van der Waals surface area contributed by atoms with Gasteiger partial charge in [-0.3, -0.25) is 0 Å². The summed E-state index contributed by atoms with van der Waals surface area (Å²) in [7, 11) is 0. The molecule has 0 fully saturated rings. The van der Waals surface area contributed by atoms with Gasteiger partial charge >= 0.3 is 11.3 Å². The van der Waals surface area contributed by atoms with Crippen LogP contribution in [0.15, 0.2) is 59.0 Å². The number of rotatable bonds is 1. The first-order valence-electron chi connectivity index (χ1n) is 5.58. The van der Waals surface area contributed by atoms with Crippen LogP contribution in [0.25, 0.3) is 22.3 Å². The highest BCUT2D eigenvalue weighted by Gasteiger charge is 2.18. The zero-order chi connectivity index (χ0) is 12.5. The average Bonchev–Trinajstić information content (AvgIpc) is 2.39. The molecule has 0 bridgehead atoms. The molecule has 3 nitrogen and oxygen atoms in total. The van der Waals surface area contributed by atoms with Crippen LogP contribution >= 0.6 is 0 Å². The number of hydrogen-bond donors (Lipinski definition) is 2. The van der Waals surface area contributed by atoms with Gasteiger partial charge in [0.1, 0.15) is 16.9 Å². The van der Waals surface area contributed by atoms with Crippen molar-refractivity contribution in [2.45, 2.75) is 0 Å². The molecule has 0 amide bonds. The Morgan fingerprint density at radius 1 is 0.833 bits per heavy atom. The Bertz CT molecular complexity index is 720. The molecular formula is C15H11O3+. The lowest BCUT2D eigenvalue weighted by atomic mass is 10.1. The molecule has 3 aromatic rings. The largest absolute Gasteiger partial charge is 0.508 e. The zero-order valence-electron chi connectivity index (χ0n) is 9.50. The van der Waals surface area contributed by atoms with Gasteiger partial charge in [-0.2, -0.15) is 0 Å². The van der Waals surface area contributed by atoms with E-state index in [1.165, 1.54) is 0 Å². The standard InChI is InChI=1S/C15H10O3/c16-11-5-3-4-10(8-11)15-9-13(17)12-6-1-2-7-14(12)18-15/h1-9H,(H-,16,17)/p+1. The van der Waals surface area contributed by atoms with Gasteiger partial charge < -0.3 is 10.2 Å². The summed E-state index contributed by atoms with van der Waals surface area (Å²) in [5.41, 5.74) is 1.33. The first kappa shape index (κ1) is 10.6. The second kappa shape index (κ2) is 4.04. The molecule has 2 aromatic carbocycles. The minimum Gasteiger partial charge on any atom is -0.508 e. The van der Waals surface area contributed by atoms with E-state index in [2.05, 4.69) is 0 Å². The van der Waals surface area contributed by atoms with Gasteiger partial charge in [-0.1, -0.05) is 18.2 Å². The van der Waals surface area contributed by atoms with Crippen molar-refractivity contribution in [1.29, 1.82) is 0 Å². The van der Waals surface area contributed by atoms with E-state index in [1.54, 1.807) is 36.4 Å². The molecule has 88 valence electrons. The van der Waals surface area contributed by atoms with E-state index < -0.39 is 0 Å². The average molecular weight is 239 g/mol. The molecule has 1 heterocycles. The number of hydrogen-bond acceptors (Lipinski definition) is 2. The van der Waals surface area contributed by atoms with Crippen LogP contribution in [-0.4, -0.2) is 10.2 Å². The normalized spacial score (nSPS) is 10.7. The van der Waals surface area contributed by atoms with Crippen LogP contribution in [0.2, 0.25) is 0 Å². The summed E-state index contributed by atoms with van der Waals surface area (Å²) < 4.78 is 5.71. The molecule has 0 aliphatic carbocycles. The Kier molecular flexibility index (Phi) is 2.38. The van der Waals surface area contributed by atoms with Gasteiger partial charge in [0.05, 0.1) is 11.6 Å². The molecule has 0 unspecified atom stereocenters. The number of para-hydroxylation sites is 1. The minimum atomic E-state index is 0.162. The predicted molar refractivity (Wildman–Crippen MR) is 69.4 cm³/mol. The summed E-state index contributed by atoms with van der Waals surface area (Å²) in [5.74, 6) is 0.840. The number of aromatic hydroxyl groups is 2. The molecule has 0 radical (unpaired) electrons. The van der Waals surface area contributed by atoms with Crippen LogP contribution in [0.4, 0.5) is 0 Å². The van der Waals surface area contributed by atoms with Crippen LogP contribution in [0.1, 0.15) is 0 Å². The molecular weight excluding hydrogens is 228 g/mol. The molecule has 1 aromatic heterocycles. The highest BCUT2D eigenvalue weighted by molar-refractivity contribution is 5.85. The van der Waals surface area contributed by atoms with Gasteiger partial charge in [-0.15, -0.1) is 0 Å². The second-order valence-electron chi connectivity index (χ2n) is 4.04. The van der Waals surface area contributed by atoms with E-state index in [4.69, 9.17) is 4.42 Å². The van der Waals surface area contributed by atoms with Gasteiger partial charge in [0.25, 0.3) is 0 Å². The maximum Gasteiger partial charge on any atom is 0.364 e. The van der Waals surface area contributed by atoms with Gasteiger partial charge in [0, 0.05) is 6.07 Å². The van der Waals surface area contributed by atoms with Crippen LogP contribution in [0.3, 0.4) is 0 Å². The lowest BCUT2D eigenvalue weighted by Gasteiger charge is -1.97. The maximum absolute atomic E-state index is 9.96. The summed E-state index contributed by atoms with van der Waals surface area (Å²) in [6, 6.07) is 15.5. The van der Waals surface area contributed by atoms with Crippen molar-refractivity contribution < 1.29 is 14.6 Å². The fourth-order valence-corrected chi connectivity index (χ4v) is 1.92. The molecule has 0 saturated carbocycles. The number of benzene rings is 2. The van der Waals surface area contributed by atoms with Crippen molar-refractivity contribution in [2.24, 2.45) is 0 Å². The monoisotopic (exact) mass is 239 g/mol. The summed E-state index contributed by atoms with van der Waals surface area (Å²) in [5, 5.41) is 20.1. The van der Waals surface area contributed by atoms with Crippen LogP contribution in [-0.2, 0) is 0 Å². The first-order chi connectivity index (χ1) is 8.74. The highest BCUT2D eigenvalue weighted by atomic mass is 16.3. The molecule has 0 spiro atoms. The Balaban J connectivity index is 2.24. The predicted octanol–water partition coefficient (Wildman–Crippen LogP) is 3.79. The lowest BCUT2D eigenvalue weighted by Crippen LogP contribution is -1.80. The van der Waals surface area contributed by atoms with Crippen molar-refractivity contribution in [3.8, 4) is 22.8 Å². The topological polar surface area (TPSA) is 51.8 Å². The van der Waals surface area contributed by atoms with E-state index in [-0.39, 0.29) is 11.5 Å². The van der Waals surface area contributed by atoms with Gasteiger partial charge in [-0.05, 0) is 24.3 Å². The first-order valence-corrected chi connectivity index (χ1v) is 5.58. The van der Waals surface area contributed by atoms with Crippen molar-refractivity contribution in [1.82, 2.24) is 0 Å². The molecule has 0 atom stereocenters. The molecule has 0 aliphatic heterocycles. The van der Waals surface area contributed by atoms with Crippen molar-refractivity contribution in [3.63, 3.8) is 0 Å². The third kappa shape index (κ3) is 1.76. The fourth-order valence-electron chi connectivity index (χ4n) is 1.92. The Morgan fingerprint density at radius 2 is 1.67 bits per heavy atom. The third-order valence-corrected chi connectivity index (χ3v) is 2.78. The van der Waals surface area contributed by atoms with Gasteiger partial charge in [-0.25, -0.2) is 4.42 Å². The van der Waals surface area contributed by atoms with E-state index in [1.807, 2.05) is 18.2 Å². The number of fused-ring (bicyclic) bond motifs is 1. The minimum absolute atomic E-state index is 0.162. The Morgan fingerprint density at radius 3 is 2.50 bits per heavy atom. The van der Waals surface area contributed by atoms with Crippen molar-refractivity contribution in [2.75, 3.05) is 0 Å². The number of phenols is 1. The lowest BCUT2D eigenvalue weighted by molar-refractivity contribution is 0.472. The molecule has 3 heteroatoms. The quantitative estimate of drug-likeness (QED) is 0.635. The van der Waals surface area contributed by atoms with Crippen LogP contribution in [0, 0.1) is 0 Å². The fraction of sp³-hybridized carbons (Fsp3) is 0. The number of phenolic OH excluding ortho intramolecular Hbond substituents is 1. The maximum atomic E-state index is 9.96. The van der Waals surface area contributed by atoms with Crippen molar-refractivity contribution >= 4 is 11.0 Å².